The van der Waals surface area contributed by atoms with Crippen LogP contribution in [0.15, 0.2) is 51.8 Å². The number of hydrogen-bond donors (Lipinski definition) is 0. The van der Waals surface area contributed by atoms with Crippen LogP contribution in [0.1, 0.15) is 18.4 Å². The number of alkyl halides is 2. The SMILES string of the molecule is CCS(=O)(=O)c1ccc2oc(/C=C/c3ccccc3OC(F)F)nc2c1. The van der Waals surface area contributed by atoms with Crippen molar-refractivity contribution in [3.8, 4) is 5.75 Å². The van der Waals surface area contributed by atoms with Crippen LogP contribution in [0.25, 0.3) is 23.3 Å². The maximum atomic E-state index is 12.4. The van der Waals surface area contributed by atoms with Crippen molar-refractivity contribution >= 4 is 33.1 Å². The van der Waals surface area contributed by atoms with Gasteiger partial charge in [-0.25, -0.2) is 13.4 Å². The number of ether oxygens (including phenoxy) is 1. The molecule has 0 aliphatic carbocycles. The van der Waals surface area contributed by atoms with Crippen LogP contribution < -0.4 is 4.74 Å². The lowest BCUT2D eigenvalue weighted by atomic mass is 10.2. The molecule has 1 aromatic heterocycles. The second kappa shape index (κ2) is 7.25. The zero-order chi connectivity index (χ0) is 18.7. The summed E-state index contributed by atoms with van der Waals surface area (Å²) in [6.07, 6.45) is 3.04. The Balaban J connectivity index is 1.91. The number of fused-ring (bicyclic) bond motifs is 1. The smallest absolute Gasteiger partial charge is 0.387 e. The molecule has 0 aliphatic rings. The van der Waals surface area contributed by atoms with Gasteiger partial charge in [0.25, 0.3) is 0 Å². The molecule has 2 aromatic carbocycles. The van der Waals surface area contributed by atoms with Crippen LogP contribution in [0.4, 0.5) is 8.78 Å². The summed E-state index contributed by atoms with van der Waals surface area (Å²) in [5.41, 5.74) is 1.26. The van der Waals surface area contributed by atoms with Crippen molar-refractivity contribution in [2.45, 2.75) is 18.4 Å². The molecule has 0 radical (unpaired) electrons. The molecule has 0 aliphatic heterocycles. The molecule has 0 atom stereocenters. The Morgan fingerprint density at radius 3 is 2.69 bits per heavy atom. The summed E-state index contributed by atoms with van der Waals surface area (Å²) in [7, 11) is -3.34. The van der Waals surface area contributed by atoms with Gasteiger partial charge in [-0.15, -0.1) is 0 Å². The minimum absolute atomic E-state index is 0.00988. The summed E-state index contributed by atoms with van der Waals surface area (Å²) >= 11 is 0. The maximum Gasteiger partial charge on any atom is 0.387 e. The fraction of sp³-hybridized carbons (Fsp3) is 0.167. The van der Waals surface area contributed by atoms with E-state index in [0.717, 1.165) is 0 Å². The monoisotopic (exact) mass is 379 g/mol. The van der Waals surface area contributed by atoms with Crippen LogP contribution in [0.3, 0.4) is 0 Å². The highest BCUT2D eigenvalue weighted by Gasteiger charge is 2.14. The minimum atomic E-state index is -3.34. The van der Waals surface area contributed by atoms with Crippen LogP contribution in [-0.4, -0.2) is 25.8 Å². The molecule has 0 fully saturated rings. The van der Waals surface area contributed by atoms with E-state index in [-0.39, 0.29) is 22.3 Å². The van der Waals surface area contributed by atoms with Crippen molar-refractivity contribution in [3.63, 3.8) is 0 Å². The normalized spacial score (nSPS) is 12.3. The van der Waals surface area contributed by atoms with Crippen LogP contribution in [-0.2, 0) is 9.84 Å². The van der Waals surface area contributed by atoms with E-state index in [1.807, 2.05) is 0 Å². The van der Waals surface area contributed by atoms with E-state index in [2.05, 4.69) is 9.72 Å². The van der Waals surface area contributed by atoms with Gasteiger partial charge in [0.1, 0.15) is 11.3 Å². The van der Waals surface area contributed by atoms with Gasteiger partial charge in [-0.05, 0) is 30.3 Å². The van der Waals surface area contributed by atoms with E-state index >= 15 is 0 Å². The molecule has 5 nitrogen and oxygen atoms in total. The number of hydrogen-bond acceptors (Lipinski definition) is 5. The van der Waals surface area contributed by atoms with Crippen molar-refractivity contribution < 1.29 is 26.4 Å². The summed E-state index contributed by atoms with van der Waals surface area (Å²) < 4.78 is 58.7. The van der Waals surface area contributed by atoms with E-state index in [1.54, 1.807) is 25.1 Å². The van der Waals surface area contributed by atoms with E-state index in [9.17, 15) is 17.2 Å². The Morgan fingerprint density at radius 1 is 1.19 bits per heavy atom. The molecule has 3 rings (SSSR count). The Morgan fingerprint density at radius 2 is 1.96 bits per heavy atom. The lowest BCUT2D eigenvalue weighted by Gasteiger charge is -2.06. The number of rotatable bonds is 6. The van der Waals surface area contributed by atoms with Crippen molar-refractivity contribution in [2.75, 3.05) is 5.75 Å². The molecule has 0 N–H and O–H groups in total. The molecule has 8 heteroatoms. The summed E-state index contributed by atoms with van der Waals surface area (Å²) in [5.74, 6) is 0.244. The van der Waals surface area contributed by atoms with Crippen molar-refractivity contribution in [1.29, 1.82) is 0 Å². The average Bonchev–Trinajstić information content (AvgIpc) is 3.02. The molecule has 0 unspecified atom stereocenters. The molecule has 0 saturated heterocycles. The van der Waals surface area contributed by atoms with Crippen LogP contribution >= 0.6 is 0 Å². The molecule has 1 heterocycles. The van der Waals surface area contributed by atoms with E-state index in [1.165, 1.54) is 36.4 Å². The van der Waals surface area contributed by atoms with Crippen LogP contribution in [0.5, 0.6) is 5.75 Å². The van der Waals surface area contributed by atoms with Gasteiger partial charge >= 0.3 is 6.61 Å². The molecule has 3 aromatic rings. The molecule has 0 saturated carbocycles. The highest BCUT2D eigenvalue weighted by molar-refractivity contribution is 7.91. The number of oxazole rings is 1. The first-order valence-electron chi connectivity index (χ1n) is 7.74. The largest absolute Gasteiger partial charge is 0.437 e. The van der Waals surface area contributed by atoms with Crippen molar-refractivity contribution in [2.24, 2.45) is 0 Å². The Kier molecular flexibility index (Phi) is 5.03. The predicted octanol–water partition coefficient (Wildman–Crippen LogP) is 4.39. The third kappa shape index (κ3) is 3.91. The van der Waals surface area contributed by atoms with E-state index < -0.39 is 16.4 Å². The van der Waals surface area contributed by atoms with Crippen LogP contribution in [0, 0.1) is 0 Å². The third-order valence-corrected chi connectivity index (χ3v) is 5.39. The first-order chi connectivity index (χ1) is 12.4. The number of nitrogens with zero attached hydrogens (tertiary/aromatic N) is 1. The van der Waals surface area contributed by atoms with Gasteiger partial charge in [-0.2, -0.15) is 8.78 Å². The first kappa shape index (κ1) is 18.1. The van der Waals surface area contributed by atoms with Crippen molar-refractivity contribution in [3.05, 3.63) is 53.9 Å². The molecular weight excluding hydrogens is 364 g/mol. The summed E-state index contributed by atoms with van der Waals surface area (Å²) in [6.45, 7) is -1.36. The van der Waals surface area contributed by atoms with Crippen LogP contribution in [0.2, 0.25) is 0 Å². The molecule has 136 valence electrons. The Labute approximate surface area is 148 Å². The van der Waals surface area contributed by atoms with Gasteiger partial charge in [0.15, 0.2) is 15.4 Å². The number of halogens is 2. The lowest BCUT2D eigenvalue weighted by Crippen LogP contribution is -2.03. The van der Waals surface area contributed by atoms with Gasteiger partial charge in [-0.3, -0.25) is 0 Å². The van der Waals surface area contributed by atoms with Gasteiger partial charge in [0, 0.05) is 11.6 Å². The zero-order valence-electron chi connectivity index (χ0n) is 13.7. The van der Waals surface area contributed by atoms with Gasteiger partial charge in [-0.1, -0.05) is 25.1 Å². The van der Waals surface area contributed by atoms with E-state index in [4.69, 9.17) is 4.42 Å². The Bertz CT molecular complexity index is 1060. The topological polar surface area (TPSA) is 69.4 Å². The summed E-state index contributed by atoms with van der Waals surface area (Å²) in [6, 6.07) is 10.8. The molecule has 26 heavy (non-hydrogen) atoms. The molecular formula is C18H15F2NO4S. The predicted molar refractivity (Wildman–Crippen MR) is 93.7 cm³/mol. The highest BCUT2D eigenvalue weighted by atomic mass is 32.2. The molecule has 0 bridgehead atoms. The maximum absolute atomic E-state index is 12.4. The highest BCUT2D eigenvalue weighted by Crippen LogP contribution is 2.24. The number of para-hydroxylation sites is 1. The number of benzene rings is 2. The van der Waals surface area contributed by atoms with Gasteiger partial charge in [0.2, 0.25) is 5.89 Å². The third-order valence-electron chi connectivity index (χ3n) is 3.66. The van der Waals surface area contributed by atoms with E-state index in [0.29, 0.717) is 16.7 Å². The quantitative estimate of drug-likeness (QED) is 0.635. The lowest BCUT2D eigenvalue weighted by molar-refractivity contribution is -0.0499. The fourth-order valence-corrected chi connectivity index (χ4v) is 3.24. The zero-order valence-corrected chi connectivity index (χ0v) is 14.5. The first-order valence-corrected chi connectivity index (χ1v) is 9.39. The standard InChI is InChI=1S/C18H15F2NO4S/c1-2-26(22,23)13-8-9-16-14(11-13)21-17(24-16)10-7-12-5-3-4-6-15(12)25-18(19)20/h3-11,18H,2H2,1H3/b10-7+. The summed E-state index contributed by atoms with van der Waals surface area (Å²) in [4.78, 5) is 4.39. The average molecular weight is 379 g/mol. The Hall–Kier alpha value is -2.74. The second-order valence-electron chi connectivity index (χ2n) is 5.33. The fourth-order valence-electron chi connectivity index (χ4n) is 2.34. The van der Waals surface area contributed by atoms with Gasteiger partial charge < -0.3 is 9.15 Å². The molecule has 0 spiro atoms. The number of aromatic nitrogens is 1. The van der Waals surface area contributed by atoms with Gasteiger partial charge in [0.05, 0.1) is 10.6 Å². The molecule has 0 amide bonds. The second-order valence-corrected chi connectivity index (χ2v) is 7.61. The number of sulfone groups is 1. The van der Waals surface area contributed by atoms with Crippen molar-refractivity contribution in [1.82, 2.24) is 4.98 Å². The minimum Gasteiger partial charge on any atom is -0.437 e. The summed E-state index contributed by atoms with van der Waals surface area (Å²) in [5, 5.41) is 0.